The Balaban J connectivity index is 2.24. The molecule has 0 aromatic carbocycles. The maximum absolute atomic E-state index is 12.3. The third-order valence-electron chi connectivity index (χ3n) is 2.07. The number of aromatic nitrogens is 2. The van der Waals surface area contributed by atoms with Crippen LogP contribution in [0.3, 0.4) is 0 Å². The van der Waals surface area contributed by atoms with Gasteiger partial charge in [0.05, 0.1) is 5.69 Å². The molecule has 0 N–H and O–H groups in total. The molecular weight excluding hydrogens is 244 g/mol. The van der Waals surface area contributed by atoms with Gasteiger partial charge >= 0.3 is 0 Å². The van der Waals surface area contributed by atoms with E-state index in [9.17, 15) is 8.78 Å². The molecule has 0 unspecified atom stereocenters. The molecule has 0 spiro atoms. The first kappa shape index (κ1) is 11.6. The number of rotatable bonds is 3. The van der Waals surface area contributed by atoms with Gasteiger partial charge in [-0.15, -0.1) is 11.3 Å². The lowest BCUT2D eigenvalue weighted by Crippen LogP contribution is -1.89. The van der Waals surface area contributed by atoms with Crippen molar-refractivity contribution >= 4 is 11.3 Å². The molecule has 2 rings (SSSR count). The van der Waals surface area contributed by atoms with Crippen molar-refractivity contribution in [1.82, 2.24) is 9.97 Å². The zero-order chi connectivity index (χ0) is 12.3. The van der Waals surface area contributed by atoms with Crippen LogP contribution in [0.2, 0.25) is 0 Å². The first-order valence-corrected chi connectivity index (χ1v) is 5.61. The normalized spacial score (nSPS) is 10.5. The fourth-order valence-electron chi connectivity index (χ4n) is 1.25. The van der Waals surface area contributed by atoms with Crippen molar-refractivity contribution in [3.05, 3.63) is 45.7 Å². The quantitative estimate of drug-likeness (QED) is 0.781. The van der Waals surface area contributed by atoms with Gasteiger partial charge in [-0.3, -0.25) is 4.98 Å². The molecule has 0 bridgehead atoms. The first-order valence-electron chi connectivity index (χ1n) is 4.73. The van der Waals surface area contributed by atoms with Gasteiger partial charge in [0.15, 0.2) is 5.01 Å². The Hall–Kier alpha value is -1.87. The molecule has 86 valence electrons. The van der Waals surface area contributed by atoms with Gasteiger partial charge in [0.1, 0.15) is 5.69 Å². The van der Waals surface area contributed by atoms with Crippen LogP contribution in [0.4, 0.5) is 8.78 Å². The van der Waals surface area contributed by atoms with Crippen LogP contribution in [-0.2, 0) is 6.54 Å². The van der Waals surface area contributed by atoms with E-state index in [1.54, 1.807) is 5.38 Å². The molecule has 6 heteroatoms. The summed E-state index contributed by atoms with van der Waals surface area (Å²) in [6, 6.07) is 2.85. The van der Waals surface area contributed by atoms with Gasteiger partial charge in [0, 0.05) is 17.1 Å². The number of nitrogens with zero attached hydrogens (tertiary/aromatic N) is 3. The van der Waals surface area contributed by atoms with Crippen LogP contribution >= 0.6 is 11.3 Å². The zero-order valence-electron chi connectivity index (χ0n) is 8.60. The van der Waals surface area contributed by atoms with Gasteiger partial charge in [-0.1, -0.05) is 0 Å². The molecule has 2 aromatic rings. The summed E-state index contributed by atoms with van der Waals surface area (Å²) < 4.78 is 24.6. The first-order chi connectivity index (χ1) is 8.20. The molecule has 0 aliphatic heterocycles. The SMILES string of the molecule is [C-]#[N+]Cc1nc(-c2ccc(C(F)F)cn2)cs1. The number of hydrogen-bond acceptors (Lipinski definition) is 3. The van der Waals surface area contributed by atoms with Gasteiger partial charge in [0.2, 0.25) is 0 Å². The number of pyridine rings is 1. The van der Waals surface area contributed by atoms with Crippen LogP contribution in [0.1, 0.15) is 17.0 Å². The Morgan fingerprint density at radius 3 is 2.76 bits per heavy atom. The highest BCUT2D eigenvalue weighted by Gasteiger charge is 2.10. The molecule has 0 radical (unpaired) electrons. The van der Waals surface area contributed by atoms with Crippen LogP contribution in [0.5, 0.6) is 0 Å². The monoisotopic (exact) mass is 251 g/mol. The second-order valence-electron chi connectivity index (χ2n) is 3.22. The standard InChI is InChI=1S/C11H7F2N3S/c1-14-5-10-16-9(6-17-10)8-3-2-7(4-15-8)11(12)13/h2-4,6,11H,5H2. The number of halogens is 2. The molecule has 17 heavy (non-hydrogen) atoms. The highest BCUT2D eigenvalue weighted by Crippen LogP contribution is 2.23. The minimum atomic E-state index is -2.51. The van der Waals surface area contributed by atoms with Crippen LogP contribution in [-0.4, -0.2) is 9.97 Å². The van der Waals surface area contributed by atoms with E-state index in [2.05, 4.69) is 14.8 Å². The predicted molar refractivity (Wildman–Crippen MR) is 60.6 cm³/mol. The summed E-state index contributed by atoms with van der Waals surface area (Å²) in [5, 5.41) is 2.47. The molecule has 0 aliphatic carbocycles. The van der Waals surface area contributed by atoms with E-state index in [1.165, 1.54) is 23.5 Å². The minimum Gasteiger partial charge on any atom is -0.309 e. The Kier molecular flexibility index (Phi) is 3.40. The van der Waals surface area contributed by atoms with Crippen molar-refractivity contribution in [2.45, 2.75) is 13.0 Å². The second kappa shape index (κ2) is 4.97. The zero-order valence-corrected chi connectivity index (χ0v) is 9.42. The third kappa shape index (κ3) is 2.63. The van der Waals surface area contributed by atoms with Crippen LogP contribution in [0.15, 0.2) is 23.7 Å². The lowest BCUT2D eigenvalue weighted by Gasteiger charge is -1.99. The van der Waals surface area contributed by atoms with Crippen LogP contribution in [0, 0.1) is 6.57 Å². The lowest BCUT2D eigenvalue weighted by atomic mass is 10.2. The average molecular weight is 251 g/mol. The largest absolute Gasteiger partial charge is 0.309 e. The predicted octanol–water partition coefficient (Wildman–Crippen LogP) is 3.56. The number of alkyl halides is 2. The van der Waals surface area contributed by atoms with E-state index >= 15 is 0 Å². The Bertz CT molecular complexity index is 543. The van der Waals surface area contributed by atoms with Crippen molar-refractivity contribution in [2.75, 3.05) is 0 Å². The Morgan fingerprint density at radius 1 is 1.35 bits per heavy atom. The van der Waals surface area contributed by atoms with Crippen molar-refractivity contribution in [3.8, 4) is 11.4 Å². The van der Waals surface area contributed by atoms with E-state index in [1.807, 2.05) is 0 Å². The molecule has 0 atom stereocenters. The average Bonchev–Trinajstić information content (AvgIpc) is 2.78. The summed E-state index contributed by atoms with van der Waals surface area (Å²) in [7, 11) is 0. The number of hydrogen-bond donors (Lipinski definition) is 0. The topological polar surface area (TPSA) is 30.1 Å². The van der Waals surface area contributed by atoms with Gasteiger partial charge in [0.25, 0.3) is 13.0 Å². The van der Waals surface area contributed by atoms with E-state index in [0.29, 0.717) is 16.4 Å². The van der Waals surface area contributed by atoms with Crippen molar-refractivity contribution in [2.24, 2.45) is 0 Å². The lowest BCUT2D eigenvalue weighted by molar-refractivity contribution is 0.151. The molecule has 3 nitrogen and oxygen atoms in total. The van der Waals surface area contributed by atoms with Crippen LogP contribution in [0.25, 0.3) is 16.2 Å². The third-order valence-corrected chi connectivity index (χ3v) is 2.90. The molecule has 0 fully saturated rings. The smallest absolute Gasteiger partial charge is 0.265 e. The van der Waals surface area contributed by atoms with E-state index < -0.39 is 6.43 Å². The van der Waals surface area contributed by atoms with E-state index in [-0.39, 0.29) is 12.1 Å². The van der Waals surface area contributed by atoms with Gasteiger partial charge in [-0.2, -0.15) is 0 Å². The molecule has 0 saturated heterocycles. The highest BCUT2D eigenvalue weighted by molar-refractivity contribution is 7.09. The van der Waals surface area contributed by atoms with Crippen molar-refractivity contribution in [1.29, 1.82) is 0 Å². The number of thiazole rings is 1. The molecular formula is C11H7F2N3S. The molecule has 2 heterocycles. The summed E-state index contributed by atoms with van der Waals surface area (Å²) in [5.74, 6) is 0. The highest BCUT2D eigenvalue weighted by atomic mass is 32.1. The maximum atomic E-state index is 12.3. The molecule has 2 aromatic heterocycles. The van der Waals surface area contributed by atoms with Gasteiger partial charge in [-0.05, 0) is 12.1 Å². The summed E-state index contributed by atoms with van der Waals surface area (Å²) in [5.41, 5.74) is 1.06. The summed E-state index contributed by atoms with van der Waals surface area (Å²) in [4.78, 5) is 11.4. The molecule has 0 saturated carbocycles. The van der Waals surface area contributed by atoms with Gasteiger partial charge in [-0.25, -0.2) is 20.3 Å². The summed E-state index contributed by atoms with van der Waals surface area (Å²) >= 11 is 1.37. The summed E-state index contributed by atoms with van der Waals surface area (Å²) in [6.45, 7) is 6.96. The fraction of sp³-hybridized carbons (Fsp3) is 0.182. The van der Waals surface area contributed by atoms with E-state index in [0.717, 1.165) is 6.20 Å². The summed E-state index contributed by atoms with van der Waals surface area (Å²) in [6.07, 6.45) is -1.36. The molecule has 0 amide bonds. The van der Waals surface area contributed by atoms with Crippen molar-refractivity contribution in [3.63, 3.8) is 0 Å². The molecule has 0 aliphatic rings. The van der Waals surface area contributed by atoms with Crippen LogP contribution < -0.4 is 0 Å². The maximum Gasteiger partial charge on any atom is 0.265 e. The minimum absolute atomic E-state index is 0.106. The Morgan fingerprint density at radius 2 is 2.18 bits per heavy atom. The fourth-order valence-corrected chi connectivity index (χ4v) is 1.97. The Labute approximate surface area is 101 Å². The van der Waals surface area contributed by atoms with Crippen molar-refractivity contribution < 1.29 is 8.78 Å². The van der Waals surface area contributed by atoms with Gasteiger partial charge < -0.3 is 4.85 Å². The van der Waals surface area contributed by atoms with E-state index in [4.69, 9.17) is 6.57 Å². The second-order valence-corrected chi connectivity index (χ2v) is 4.16.